The molecule has 3 nitrogen and oxygen atoms in total. The average molecular weight is 238 g/mol. The van der Waals surface area contributed by atoms with Crippen molar-refractivity contribution >= 4 is 5.91 Å². The maximum Gasteiger partial charge on any atom is 0.255 e. The Hall–Kier alpha value is -1.96. The van der Waals surface area contributed by atoms with Crippen LogP contribution < -0.4 is 5.32 Å². The highest BCUT2D eigenvalue weighted by Crippen LogP contribution is 2.14. The minimum Gasteiger partial charge on any atom is -0.336 e. The van der Waals surface area contributed by atoms with Crippen LogP contribution in [0.5, 0.6) is 0 Å². The minimum absolute atomic E-state index is 0.182. The maximum absolute atomic E-state index is 13.4. The van der Waals surface area contributed by atoms with Gasteiger partial charge in [-0.3, -0.25) is 4.79 Å². The number of nitrogens with zero attached hydrogens (tertiary/aromatic N) is 1. The van der Waals surface area contributed by atoms with E-state index in [9.17, 15) is 13.6 Å². The van der Waals surface area contributed by atoms with Crippen molar-refractivity contribution in [2.45, 2.75) is 26.3 Å². The number of carbonyl (C=O) groups excluding carboxylic acids is 1. The van der Waals surface area contributed by atoms with Crippen LogP contribution >= 0.6 is 0 Å². The number of hydrogen-bond donors (Lipinski definition) is 1. The summed E-state index contributed by atoms with van der Waals surface area (Å²) < 4.78 is 26.3. The molecule has 1 rings (SSSR count). The molecular formula is C12H12F2N2O. The first-order valence-corrected chi connectivity index (χ1v) is 5.15. The van der Waals surface area contributed by atoms with E-state index in [4.69, 9.17) is 5.26 Å². The highest BCUT2D eigenvalue weighted by atomic mass is 19.1. The molecule has 0 heterocycles. The molecule has 5 heteroatoms. The molecule has 0 spiro atoms. The first-order chi connectivity index (χ1) is 7.99. The lowest BCUT2D eigenvalue weighted by molar-refractivity contribution is 0.0940. The number of rotatable bonds is 3. The van der Waals surface area contributed by atoms with E-state index >= 15 is 0 Å². The largest absolute Gasteiger partial charge is 0.336 e. The molecule has 1 N–H and O–H groups in total. The van der Waals surface area contributed by atoms with Gasteiger partial charge in [0.25, 0.3) is 5.91 Å². The normalized spacial score (nSPS) is 11.7. The van der Waals surface area contributed by atoms with Crippen LogP contribution in [-0.2, 0) is 0 Å². The summed E-state index contributed by atoms with van der Waals surface area (Å²) in [6.07, 6.45) is 0.421. The Morgan fingerprint density at radius 1 is 1.47 bits per heavy atom. The van der Waals surface area contributed by atoms with Gasteiger partial charge in [0.15, 0.2) is 0 Å². The van der Waals surface area contributed by atoms with Gasteiger partial charge in [-0.05, 0) is 25.0 Å². The first-order valence-electron chi connectivity index (χ1n) is 5.15. The fraction of sp³-hybridized carbons (Fsp3) is 0.333. The molecule has 1 aromatic carbocycles. The van der Waals surface area contributed by atoms with E-state index < -0.39 is 23.6 Å². The standard InChI is InChI=1S/C12H12F2N2O/c1-3-8(6-15)16-12(17)9-4-7(2)10(13)5-11(9)14/h4-5,8H,3H2,1-2H3,(H,16,17). The van der Waals surface area contributed by atoms with Gasteiger partial charge < -0.3 is 5.32 Å². The molecule has 1 aromatic rings. The Morgan fingerprint density at radius 2 is 2.12 bits per heavy atom. The highest BCUT2D eigenvalue weighted by Gasteiger charge is 2.17. The van der Waals surface area contributed by atoms with E-state index in [1.807, 2.05) is 6.07 Å². The molecule has 1 amide bonds. The van der Waals surface area contributed by atoms with Crippen molar-refractivity contribution in [2.75, 3.05) is 0 Å². The number of halogens is 2. The Bertz CT molecular complexity index is 480. The van der Waals surface area contributed by atoms with E-state index in [2.05, 4.69) is 5.32 Å². The molecular weight excluding hydrogens is 226 g/mol. The third-order valence-corrected chi connectivity index (χ3v) is 2.36. The van der Waals surface area contributed by atoms with Crippen molar-refractivity contribution in [3.05, 3.63) is 34.9 Å². The van der Waals surface area contributed by atoms with Crippen molar-refractivity contribution in [2.24, 2.45) is 0 Å². The average Bonchev–Trinajstić information content (AvgIpc) is 2.30. The number of benzene rings is 1. The van der Waals surface area contributed by atoms with Crippen LogP contribution in [0, 0.1) is 29.9 Å². The summed E-state index contributed by atoms with van der Waals surface area (Å²) in [5, 5.41) is 11.0. The summed E-state index contributed by atoms with van der Waals surface area (Å²) in [6.45, 7) is 3.16. The lowest BCUT2D eigenvalue weighted by Crippen LogP contribution is -2.33. The van der Waals surface area contributed by atoms with Gasteiger partial charge in [-0.25, -0.2) is 8.78 Å². The summed E-state index contributed by atoms with van der Waals surface area (Å²) in [4.78, 5) is 11.6. The van der Waals surface area contributed by atoms with Gasteiger partial charge in [0.05, 0.1) is 11.6 Å². The van der Waals surface area contributed by atoms with Crippen molar-refractivity contribution in [1.29, 1.82) is 5.26 Å². The molecule has 0 aliphatic rings. The smallest absolute Gasteiger partial charge is 0.255 e. The molecule has 0 aromatic heterocycles. The molecule has 0 saturated carbocycles. The van der Waals surface area contributed by atoms with Gasteiger partial charge in [0.2, 0.25) is 0 Å². The molecule has 1 unspecified atom stereocenters. The molecule has 0 aliphatic heterocycles. The number of hydrogen-bond acceptors (Lipinski definition) is 2. The Morgan fingerprint density at radius 3 is 2.65 bits per heavy atom. The highest BCUT2D eigenvalue weighted by molar-refractivity contribution is 5.95. The minimum atomic E-state index is -0.932. The fourth-order valence-electron chi connectivity index (χ4n) is 1.29. The van der Waals surface area contributed by atoms with Crippen molar-refractivity contribution in [3.63, 3.8) is 0 Å². The maximum atomic E-state index is 13.4. The second-order valence-electron chi connectivity index (χ2n) is 3.64. The Kier molecular flexibility index (Phi) is 4.16. The van der Waals surface area contributed by atoms with E-state index in [0.29, 0.717) is 12.5 Å². The second-order valence-corrected chi connectivity index (χ2v) is 3.64. The fourth-order valence-corrected chi connectivity index (χ4v) is 1.29. The van der Waals surface area contributed by atoms with Crippen molar-refractivity contribution in [3.8, 4) is 6.07 Å². The van der Waals surface area contributed by atoms with E-state index in [1.165, 1.54) is 6.92 Å². The molecule has 0 aliphatic carbocycles. The molecule has 0 radical (unpaired) electrons. The molecule has 17 heavy (non-hydrogen) atoms. The summed E-state index contributed by atoms with van der Waals surface area (Å²) >= 11 is 0. The summed E-state index contributed by atoms with van der Waals surface area (Å²) in [7, 11) is 0. The van der Waals surface area contributed by atoms with Crippen LogP contribution in [0.1, 0.15) is 29.3 Å². The molecule has 90 valence electrons. The van der Waals surface area contributed by atoms with E-state index in [-0.39, 0.29) is 11.1 Å². The predicted molar refractivity (Wildman–Crippen MR) is 58.3 cm³/mol. The van der Waals surface area contributed by atoms with Crippen molar-refractivity contribution < 1.29 is 13.6 Å². The summed E-state index contributed by atoms with van der Waals surface area (Å²) in [5.74, 6) is -2.34. The first kappa shape index (κ1) is 13.1. The third-order valence-electron chi connectivity index (χ3n) is 2.36. The molecule has 0 fully saturated rings. The van der Waals surface area contributed by atoms with Gasteiger partial charge in [-0.15, -0.1) is 0 Å². The number of carbonyl (C=O) groups is 1. The van der Waals surface area contributed by atoms with E-state index in [0.717, 1.165) is 6.07 Å². The lowest BCUT2D eigenvalue weighted by Gasteiger charge is -2.10. The van der Waals surface area contributed by atoms with Crippen LogP contribution in [0.4, 0.5) is 8.78 Å². The van der Waals surface area contributed by atoms with E-state index in [1.54, 1.807) is 6.92 Å². The summed E-state index contributed by atoms with van der Waals surface area (Å²) in [5.41, 5.74) is -0.0702. The van der Waals surface area contributed by atoms with Gasteiger partial charge in [0, 0.05) is 6.07 Å². The number of aryl methyl sites for hydroxylation is 1. The molecule has 0 saturated heterocycles. The van der Waals surface area contributed by atoms with Crippen LogP contribution in [0.15, 0.2) is 12.1 Å². The molecule has 0 bridgehead atoms. The SMILES string of the molecule is CCC(C#N)NC(=O)c1cc(C)c(F)cc1F. The van der Waals surface area contributed by atoms with Crippen LogP contribution in [0.3, 0.4) is 0 Å². The zero-order valence-electron chi connectivity index (χ0n) is 9.55. The van der Waals surface area contributed by atoms with Crippen LogP contribution in [-0.4, -0.2) is 11.9 Å². The van der Waals surface area contributed by atoms with Crippen molar-refractivity contribution in [1.82, 2.24) is 5.32 Å². The lowest BCUT2D eigenvalue weighted by atomic mass is 10.1. The third kappa shape index (κ3) is 3.00. The number of nitrogens with one attached hydrogen (secondary N) is 1. The monoisotopic (exact) mass is 238 g/mol. The number of nitriles is 1. The van der Waals surface area contributed by atoms with Gasteiger partial charge in [-0.1, -0.05) is 6.92 Å². The molecule has 1 atom stereocenters. The Labute approximate surface area is 98.1 Å². The quantitative estimate of drug-likeness (QED) is 0.878. The van der Waals surface area contributed by atoms with Gasteiger partial charge >= 0.3 is 0 Å². The Balaban J connectivity index is 2.98. The zero-order valence-corrected chi connectivity index (χ0v) is 9.55. The summed E-state index contributed by atoms with van der Waals surface area (Å²) in [6, 6.07) is 2.99. The van der Waals surface area contributed by atoms with Crippen LogP contribution in [0.2, 0.25) is 0 Å². The second kappa shape index (κ2) is 5.39. The van der Waals surface area contributed by atoms with Gasteiger partial charge in [0.1, 0.15) is 17.7 Å². The topological polar surface area (TPSA) is 52.9 Å². The number of amides is 1. The zero-order chi connectivity index (χ0) is 13.0. The van der Waals surface area contributed by atoms with Crippen LogP contribution in [0.25, 0.3) is 0 Å². The van der Waals surface area contributed by atoms with Gasteiger partial charge in [-0.2, -0.15) is 5.26 Å². The predicted octanol–water partition coefficient (Wildman–Crippen LogP) is 2.31.